The third-order valence-electron chi connectivity index (χ3n) is 2.98. The maximum atomic E-state index is 13.1. The molecule has 0 atom stereocenters. The standard InChI is InChI=1S/C14H15FN2O/c1-2-7-16-14(18)10-17-8-3-4-11-9-12(15)5-6-13(11)17/h1,5-6,9H,3-4,7-8,10H2,(H,16,18). The molecule has 1 N–H and O–H groups in total. The number of carbonyl (C=O) groups is 1. The second-order valence-corrected chi connectivity index (χ2v) is 4.28. The van der Waals surface area contributed by atoms with Crippen LogP contribution in [-0.4, -0.2) is 25.5 Å². The summed E-state index contributed by atoms with van der Waals surface area (Å²) in [6.07, 6.45) is 6.87. The van der Waals surface area contributed by atoms with Gasteiger partial charge in [0.2, 0.25) is 5.91 Å². The van der Waals surface area contributed by atoms with Crippen LogP contribution in [0, 0.1) is 18.2 Å². The lowest BCUT2D eigenvalue weighted by molar-refractivity contribution is -0.119. The van der Waals surface area contributed by atoms with Gasteiger partial charge in [-0.3, -0.25) is 4.79 Å². The summed E-state index contributed by atoms with van der Waals surface area (Å²) in [5.41, 5.74) is 1.91. The van der Waals surface area contributed by atoms with E-state index < -0.39 is 0 Å². The Kier molecular flexibility index (Phi) is 3.83. The van der Waals surface area contributed by atoms with Gasteiger partial charge in [-0.15, -0.1) is 6.42 Å². The lowest BCUT2D eigenvalue weighted by atomic mass is 10.0. The van der Waals surface area contributed by atoms with Crippen molar-refractivity contribution in [2.45, 2.75) is 12.8 Å². The van der Waals surface area contributed by atoms with Gasteiger partial charge in [-0.05, 0) is 36.6 Å². The number of carbonyl (C=O) groups excluding carboxylic acids is 1. The van der Waals surface area contributed by atoms with Gasteiger partial charge in [-0.2, -0.15) is 0 Å². The highest BCUT2D eigenvalue weighted by atomic mass is 19.1. The van der Waals surface area contributed by atoms with Crippen molar-refractivity contribution in [3.63, 3.8) is 0 Å². The molecule has 1 heterocycles. The molecule has 3 nitrogen and oxygen atoms in total. The van der Waals surface area contributed by atoms with Crippen molar-refractivity contribution in [1.82, 2.24) is 5.32 Å². The number of amides is 1. The molecule has 0 unspecified atom stereocenters. The maximum absolute atomic E-state index is 13.1. The SMILES string of the molecule is C#CCNC(=O)CN1CCCc2cc(F)ccc21. The third kappa shape index (κ3) is 2.80. The number of nitrogens with zero attached hydrogens (tertiary/aromatic N) is 1. The Labute approximate surface area is 106 Å². The minimum atomic E-state index is -0.229. The van der Waals surface area contributed by atoms with Crippen molar-refractivity contribution in [2.24, 2.45) is 0 Å². The van der Waals surface area contributed by atoms with Gasteiger partial charge in [0.05, 0.1) is 13.1 Å². The Hall–Kier alpha value is -2.02. The fourth-order valence-electron chi connectivity index (χ4n) is 2.19. The highest BCUT2D eigenvalue weighted by Crippen LogP contribution is 2.27. The van der Waals surface area contributed by atoms with E-state index in [9.17, 15) is 9.18 Å². The molecule has 0 spiro atoms. The summed E-state index contributed by atoms with van der Waals surface area (Å²) in [6.45, 7) is 1.31. The van der Waals surface area contributed by atoms with Crippen LogP contribution in [0.5, 0.6) is 0 Å². The Morgan fingerprint density at radius 1 is 1.56 bits per heavy atom. The number of rotatable bonds is 3. The number of hydrogen-bond acceptors (Lipinski definition) is 2. The van der Waals surface area contributed by atoms with E-state index in [1.54, 1.807) is 12.1 Å². The van der Waals surface area contributed by atoms with Crippen molar-refractivity contribution >= 4 is 11.6 Å². The van der Waals surface area contributed by atoms with Crippen LogP contribution in [0.2, 0.25) is 0 Å². The Morgan fingerprint density at radius 2 is 2.39 bits per heavy atom. The van der Waals surface area contributed by atoms with E-state index in [0.717, 1.165) is 30.6 Å². The lowest BCUT2D eigenvalue weighted by Crippen LogP contribution is -2.39. The molecule has 1 amide bonds. The molecule has 1 aromatic rings. The summed E-state index contributed by atoms with van der Waals surface area (Å²) in [5, 5.41) is 2.63. The summed E-state index contributed by atoms with van der Waals surface area (Å²) in [7, 11) is 0. The van der Waals surface area contributed by atoms with E-state index in [2.05, 4.69) is 11.2 Å². The van der Waals surface area contributed by atoms with Crippen molar-refractivity contribution in [2.75, 3.05) is 24.5 Å². The number of hydrogen-bond donors (Lipinski definition) is 1. The minimum absolute atomic E-state index is 0.106. The molecular weight excluding hydrogens is 231 g/mol. The third-order valence-corrected chi connectivity index (χ3v) is 2.98. The maximum Gasteiger partial charge on any atom is 0.240 e. The van der Waals surface area contributed by atoms with Gasteiger partial charge in [0, 0.05) is 12.2 Å². The summed E-state index contributed by atoms with van der Waals surface area (Å²) >= 11 is 0. The molecule has 94 valence electrons. The molecule has 0 saturated heterocycles. The normalized spacial score (nSPS) is 13.7. The zero-order valence-corrected chi connectivity index (χ0v) is 10.1. The van der Waals surface area contributed by atoms with Gasteiger partial charge in [0.15, 0.2) is 0 Å². The average molecular weight is 246 g/mol. The first-order valence-electron chi connectivity index (χ1n) is 5.94. The molecule has 0 aliphatic carbocycles. The number of benzene rings is 1. The predicted octanol–water partition coefficient (Wildman–Crippen LogP) is 1.33. The topological polar surface area (TPSA) is 32.3 Å². The Morgan fingerprint density at radius 3 is 3.17 bits per heavy atom. The second-order valence-electron chi connectivity index (χ2n) is 4.28. The van der Waals surface area contributed by atoms with Crippen LogP contribution in [0.25, 0.3) is 0 Å². The van der Waals surface area contributed by atoms with Crippen molar-refractivity contribution in [3.8, 4) is 12.3 Å². The molecule has 0 radical (unpaired) electrons. The molecule has 0 saturated carbocycles. The number of nitrogens with one attached hydrogen (secondary N) is 1. The van der Waals surface area contributed by atoms with Crippen LogP contribution in [0.1, 0.15) is 12.0 Å². The van der Waals surface area contributed by atoms with Gasteiger partial charge in [-0.25, -0.2) is 4.39 Å². The van der Waals surface area contributed by atoms with Crippen LogP contribution >= 0.6 is 0 Å². The van der Waals surface area contributed by atoms with Crippen molar-refractivity contribution < 1.29 is 9.18 Å². The highest BCUT2D eigenvalue weighted by molar-refractivity contribution is 5.82. The molecular formula is C14H15FN2O. The summed E-state index contributed by atoms with van der Waals surface area (Å²) in [4.78, 5) is 13.6. The van der Waals surface area contributed by atoms with Crippen LogP contribution in [0.3, 0.4) is 0 Å². The quantitative estimate of drug-likeness (QED) is 0.816. The Bertz CT molecular complexity index is 493. The van der Waals surface area contributed by atoms with Crippen LogP contribution < -0.4 is 10.2 Å². The van der Waals surface area contributed by atoms with Crippen LogP contribution in [0.15, 0.2) is 18.2 Å². The summed E-state index contributed by atoms with van der Waals surface area (Å²) in [6, 6.07) is 4.70. The summed E-state index contributed by atoms with van der Waals surface area (Å²) < 4.78 is 13.1. The van der Waals surface area contributed by atoms with Crippen molar-refractivity contribution in [3.05, 3.63) is 29.6 Å². The minimum Gasteiger partial charge on any atom is -0.362 e. The molecule has 2 rings (SSSR count). The molecule has 0 bridgehead atoms. The predicted molar refractivity (Wildman–Crippen MR) is 68.8 cm³/mol. The fraction of sp³-hybridized carbons (Fsp3) is 0.357. The number of halogens is 1. The zero-order valence-electron chi connectivity index (χ0n) is 10.1. The molecule has 1 aromatic carbocycles. The molecule has 0 fully saturated rings. The van der Waals surface area contributed by atoms with Gasteiger partial charge in [0.1, 0.15) is 5.82 Å². The highest BCUT2D eigenvalue weighted by Gasteiger charge is 2.19. The zero-order chi connectivity index (χ0) is 13.0. The van der Waals surface area contributed by atoms with E-state index in [0.29, 0.717) is 0 Å². The number of fused-ring (bicyclic) bond motifs is 1. The smallest absolute Gasteiger partial charge is 0.240 e. The van der Waals surface area contributed by atoms with E-state index in [1.165, 1.54) is 6.07 Å². The fourth-order valence-corrected chi connectivity index (χ4v) is 2.19. The number of terminal acetylenes is 1. The second kappa shape index (κ2) is 5.54. The first-order chi connectivity index (χ1) is 8.70. The average Bonchev–Trinajstić information content (AvgIpc) is 2.36. The van der Waals surface area contributed by atoms with Gasteiger partial charge in [0.25, 0.3) is 0 Å². The molecule has 4 heteroatoms. The van der Waals surface area contributed by atoms with E-state index >= 15 is 0 Å². The molecule has 1 aliphatic rings. The van der Waals surface area contributed by atoms with Gasteiger partial charge < -0.3 is 10.2 Å². The van der Waals surface area contributed by atoms with E-state index in [-0.39, 0.29) is 24.8 Å². The van der Waals surface area contributed by atoms with Crippen molar-refractivity contribution in [1.29, 1.82) is 0 Å². The first kappa shape index (κ1) is 12.4. The van der Waals surface area contributed by atoms with E-state index in [4.69, 9.17) is 6.42 Å². The lowest BCUT2D eigenvalue weighted by Gasteiger charge is -2.30. The monoisotopic (exact) mass is 246 g/mol. The van der Waals surface area contributed by atoms with Gasteiger partial charge >= 0.3 is 0 Å². The van der Waals surface area contributed by atoms with Crippen LogP contribution in [0.4, 0.5) is 10.1 Å². The summed E-state index contributed by atoms with van der Waals surface area (Å²) in [5.74, 6) is 2.03. The van der Waals surface area contributed by atoms with E-state index in [1.807, 2.05) is 4.90 Å². The molecule has 0 aromatic heterocycles. The molecule has 1 aliphatic heterocycles. The number of aryl methyl sites for hydroxylation is 1. The Balaban J connectivity index is 2.08. The van der Waals surface area contributed by atoms with Crippen LogP contribution in [-0.2, 0) is 11.2 Å². The van der Waals surface area contributed by atoms with Gasteiger partial charge in [-0.1, -0.05) is 5.92 Å². The number of anilines is 1. The molecule has 18 heavy (non-hydrogen) atoms. The first-order valence-corrected chi connectivity index (χ1v) is 5.94. The largest absolute Gasteiger partial charge is 0.362 e.